The van der Waals surface area contributed by atoms with E-state index in [1.165, 1.54) is 94.3 Å². The van der Waals surface area contributed by atoms with E-state index in [9.17, 15) is 0 Å². The lowest BCUT2D eigenvalue weighted by molar-refractivity contribution is 0.0940. The molecule has 0 spiro atoms. The van der Waals surface area contributed by atoms with Gasteiger partial charge < -0.3 is 14.0 Å². The topological polar surface area (TPSA) is 27.7 Å². The molecule has 3 atom stereocenters. The average molecular weight is 621 g/mol. The molecular formula is C33H69BO3S3. The summed E-state index contributed by atoms with van der Waals surface area (Å²) in [4.78, 5) is 0. The number of hydrogen-bond donors (Lipinski definition) is 0. The largest absolute Gasteiger partial charge is 0.639 e. The summed E-state index contributed by atoms with van der Waals surface area (Å²) < 4.78 is 18.2. The van der Waals surface area contributed by atoms with Crippen LogP contribution in [0.15, 0.2) is 0 Å². The fourth-order valence-electron chi connectivity index (χ4n) is 4.61. The second-order valence-corrected chi connectivity index (χ2v) is 14.9. The molecule has 0 fully saturated rings. The third-order valence-electron chi connectivity index (χ3n) is 7.75. The van der Waals surface area contributed by atoms with E-state index >= 15 is 0 Å². The van der Waals surface area contributed by atoms with Crippen molar-refractivity contribution < 1.29 is 14.0 Å². The Hall–Kier alpha value is 0.995. The van der Waals surface area contributed by atoms with Crippen molar-refractivity contribution in [3.05, 3.63) is 0 Å². The second-order valence-electron chi connectivity index (χ2n) is 11.4. The first-order valence-electron chi connectivity index (χ1n) is 17.2. The van der Waals surface area contributed by atoms with Crippen LogP contribution in [0, 0.1) is 17.8 Å². The van der Waals surface area contributed by atoms with Crippen LogP contribution in [-0.4, -0.2) is 61.7 Å². The lowest BCUT2D eigenvalue weighted by atomic mass is 10.0. The SMILES string of the molecule is CCCCC(CC)CSCCCOB(OCCCSCC(CC)CCCC)OCCCSCC(CC)CCCC. The van der Waals surface area contributed by atoms with Crippen molar-refractivity contribution >= 4 is 42.6 Å². The zero-order valence-electron chi connectivity index (χ0n) is 27.7. The van der Waals surface area contributed by atoms with Gasteiger partial charge in [0.25, 0.3) is 0 Å². The van der Waals surface area contributed by atoms with Crippen molar-refractivity contribution in [2.75, 3.05) is 54.3 Å². The van der Waals surface area contributed by atoms with Crippen molar-refractivity contribution in [2.24, 2.45) is 17.8 Å². The summed E-state index contributed by atoms with van der Waals surface area (Å²) in [5, 5.41) is 0. The van der Waals surface area contributed by atoms with Gasteiger partial charge in [-0.25, -0.2) is 0 Å². The third kappa shape index (κ3) is 26.6. The van der Waals surface area contributed by atoms with Crippen LogP contribution >= 0.6 is 35.3 Å². The van der Waals surface area contributed by atoms with Crippen molar-refractivity contribution in [3.63, 3.8) is 0 Å². The van der Waals surface area contributed by atoms with Crippen LogP contribution in [0.2, 0.25) is 0 Å². The minimum atomic E-state index is -0.506. The molecule has 0 aromatic rings. The van der Waals surface area contributed by atoms with Gasteiger partial charge in [0.15, 0.2) is 0 Å². The Morgan fingerprint density at radius 2 is 0.750 bits per heavy atom. The van der Waals surface area contributed by atoms with Gasteiger partial charge in [-0.2, -0.15) is 35.3 Å². The predicted molar refractivity (Wildman–Crippen MR) is 189 cm³/mol. The first kappa shape index (κ1) is 41.0. The van der Waals surface area contributed by atoms with Crippen LogP contribution in [0.3, 0.4) is 0 Å². The standard InChI is InChI=1S/C33H69BO3S3/c1-7-13-19-31(10-4)28-38-25-16-22-35-34(36-23-17-26-39-29-32(11-5)20-14-8-2)37-24-18-27-40-30-33(12-6)21-15-9-3/h31-33H,7-30H2,1-6H3. The minimum absolute atomic E-state index is 0.506. The Labute approximate surface area is 265 Å². The molecule has 0 saturated carbocycles. The molecular weight excluding hydrogens is 551 g/mol. The molecule has 0 heterocycles. The van der Waals surface area contributed by atoms with Crippen LogP contribution < -0.4 is 0 Å². The van der Waals surface area contributed by atoms with Crippen LogP contribution in [0.1, 0.15) is 138 Å². The van der Waals surface area contributed by atoms with Gasteiger partial charge >= 0.3 is 7.32 Å². The molecule has 0 saturated heterocycles. The van der Waals surface area contributed by atoms with E-state index < -0.39 is 7.32 Å². The molecule has 0 radical (unpaired) electrons. The molecule has 3 nitrogen and oxygen atoms in total. The first-order valence-corrected chi connectivity index (χ1v) is 20.7. The van der Waals surface area contributed by atoms with Gasteiger partial charge in [-0.1, -0.05) is 99.3 Å². The molecule has 0 aliphatic rings. The second kappa shape index (κ2) is 32.9. The molecule has 0 aliphatic carbocycles. The average Bonchev–Trinajstić information content (AvgIpc) is 2.98. The van der Waals surface area contributed by atoms with E-state index in [1.807, 2.05) is 0 Å². The van der Waals surface area contributed by atoms with E-state index in [4.69, 9.17) is 14.0 Å². The maximum absolute atomic E-state index is 6.08. The molecule has 0 aromatic heterocycles. The fourth-order valence-corrected chi connectivity index (χ4v) is 8.28. The Morgan fingerprint density at radius 3 is 1.00 bits per heavy atom. The van der Waals surface area contributed by atoms with Crippen molar-refractivity contribution in [2.45, 2.75) is 138 Å². The Kier molecular flexibility index (Phi) is 33.7. The summed E-state index contributed by atoms with van der Waals surface area (Å²) in [6.45, 7) is 16.1. The highest BCUT2D eigenvalue weighted by molar-refractivity contribution is 7.99. The highest BCUT2D eigenvalue weighted by Gasteiger charge is 2.21. The van der Waals surface area contributed by atoms with Gasteiger partial charge in [-0.3, -0.25) is 0 Å². The molecule has 0 rings (SSSR count). The van der Waals surface area contributed by atoms with Gasteiger partial charge in [0.1, 0.15) is 0 Å². The van der Waals surface area contributed by atoms with Crippen LogP contribution in [-0.2, 0) is 14.0 Å². The molecule has 0 bridgehead atoms. The summed E-state index contributed by atoms with van der Waals surface area (Å²) >= 11 is 6.28. The smallest absolute Gasteiger partial charge is 0.386 e. The normalized spacial score (nSPS) is 13.9. The lowest BCUT2D eigenvalue weighted by Crippen LogP contribution is -2.29. The zero-order valence-corrected chi connectivity index (χ0v) is 30.2. The quantitative estimate of drug-likeness (QED) is 0.0535. The van der Waals surface area contributed by atoms with Gasteiger partial charge in [0, 0.05) is 19.8 Å². The zero-order chi connectivity index (χ0) is 29.5. The van der Waals surface area contributed by atoms with Crippen molar-refractivity contribution in [3.8, 4) is 0 Å². The monoisotopic (exact) mass is 620 g/mol. The molecule has 3 unspecified atom stereocenters. The highest BCUT2D eigenvalue weighted by atomic mass is 32.2. The number of unbranched alkanes of at least 4 members (excludes halogenated alkanes) is 3. The maximum atomic E-state index is 6.08. The molecule has 40 heavy (non-hydrogen) atoms. The van der Waals surface area contributed by atoms with E-state index in [2.05, 4.69) is 76.8 Å². The molecule has 0 aliphatic heterocycles. The number of hydrogen-bond acceptors (Lipinski definition) is 6. The Bertz CT molecular complexity index is 423. The van der Waals surface area contributed by atoms with Crippen LogP contribution in [0.5, 0.6) is 0 Å². The molecule has 7 heteroatoms. The fraction of sp³-hybridized carbons (Fsp3) is 1.00. The first-order chi connectivity index (χ1) is 19.6. The Balaban J connectivity index is 4.26. The maximum Gasteiger partial charge on any atom is 0.639 e. The van der Waals surface area contributed by atoms with Crippen molar-refractivity contribution in [1.29, 1.82) is 0 Å². The van der Waals surface area contributed by atoms with Gasteiger partial charge in [0.05, 0.1) is 0 Å². The van der Waals surface area contributed by atoms with E-state index in [-0.39, 0.29) is 0 Å². The van der Waals surface area contributed by atoms with E-state index in [0.29, 0.717) is 0 Å². The molecule has 240 valence electrons. The number of thioether (sulfide) groups is 3. The van der Waals surface area contributed by atoms with Gasteiger partial charge in [0.2, 0.25) is 0 Å². The molecule has 0 N–H and O–H groups in total. The summed E-state index contributed by atoms with van der Waals surface area (Å²) in [5.41, 5.74) is 0. The van der Waals surface area contributed by atoms with Crippen LogP contribution in [0.25, 0.3) is 0 Å². The lowest BCUT2D eigenvalue weighted by Gasteiger charge is -2.17. The highest BCUT2D eigenvalue weighted by Crippen LogP contribution is 2.21. The minimum Gasteiger partial charge on any atom is -0.386 e. The third-order valence-corrected chi connectivity index (χ3v) is 11.6. The number of rotatable bonds is 33. The molecule has 0 aromatic carbocycles. The van der Waals surface area contributed by atoms with Crippen molar-refractivity contribution in [1.82, 2.24) is 0 Å². The predicted octanol–water partition coefficient (Wildman–Crippen LogP) is 11.0. The summed E-state index contributed by atoms with van der Waals surface area (Å²) in [6, 6.07) is 0. The molecule has 0 amide bonds. The Morgan fingerprint density at radius 1 is 0.450 bits per heavy atom. The van der Waals surface area contributed by atoms with E-state index in [0.717, 1.165) is 74.1 Å². The van der Waals surface area contributed by atoms with Gasteiger partial charge in [-0.05, 0) is 90.8 Å². The summed E-state index contributed by atoms with van der Waals surface area (Å²) in [6.07, 6.45) is 19.3. The summed E-state index contributed by atoms with van der Waals surface area (Å²) in [7, 11) is -0.506. The van der Waals surface area contributed by atoms with Gasteiger partial charge in [-0.15, -0.1) is 0 Å². The van der Waals surface area contributed by atoms with Crippen LogP contribution in [0.4, 0.5) is 0 Å². The summed E-state index contributed by atoms with van der Waals surface area (Å²) in [5.74, 6) is 9.98. The van der Waals surface area contributed by atoms with E-state index in [1.54, 1.807) is 0 Å².